The average molecular weight is 207 g/mol. The van der Waals surface area contributed by atoms with E-state index in [0.717, 1.165) is 13.1 Å². The van der Waals surface area contributed by atoms with Gasteiger partial charge in [0, 0.05) is 13.1 Å². The number of nitrogens with one attached hydrogen (secondary N) is 1. The Hall–Kier alpha value is -1.36. The first-order valence-electron chi connectivity index (χ1n) is 5.38. The Balaban J connectivity index is 1.71. The summed E-state index contributed by atoms with van der Waals surface area (Å²) in [5, 5.41) is 3.18. The molecule has 5 heteroatoms. The second-order valence-corrected chi connectivity index (χ2v) is 3.82. The quantitative estimate of drug-likeness (QED) is 0.755. The van der Waals surface area contributed by atoms with Crippen LogP contribution in [-0.2, 0) is 0 Å². The molecular weight excluding hydrogens is 190 g/mol. The number of rotatable bonds is 4. The third kappa shape index (κ3) is 3.06. The van der Waals surface area contributed by atoms with E-state index in [2.05, 4.69) is 20.2 Å². The minimum Gasteiger partial charge on any atom is -0.396 e. The molecule has 1 aliphatic rings. The summed E-state index contributed by atoms with van der Waals surface area (Å²) >= 11 is 0. The van der Waals surface area contributed by atoms with Gasteiger partial charge >= 0.3 is 0 Å². The summed E-state index contributed by atoms with van der Waals surface area (Å²) in [7, 11) is 0. The van der Waals surface area contributed by atoms with Crippen molar-refractivity contribution >= 4 is 11.6 Å². The SMILES string of the molecule is Nc1cnc(NCCN2CCCC2)nc1. The van der Waals surface area contributed by atoms with Crippen LogP contribution in [0.4, 0.5) is 11.6 Å². The van der Waals surface area contributed by atoms with Crippen LogP contribution in [-0.4, -0.2) is 41.0 Å². The van der Waals surface area contributed by atoms with E-state index in [9.17, 15) is 0 Å². The zero-order valence-electron chi connectivity index (χ0n) is 8.82. The molecule has 0 aliphatic carbocycles. The molecule has 2 rings (SSSR count). The molecule has 1 aromatic heterocycles. The van der Waals surface area contributed by atoms with Crippen LogP contribution >= 0.6 is 0 Å². The largest absolute Gasteiger partial charge is 0.396 e. The fraction of sp³-hybridized carbons (Fsp3) is 0.600. The van der Waals surface area contributed by atoms with E-state index >= 15 is 0 Å². The smallest absolute Gasteiger partial charge is 0.222 e. The predicted molar refractivity (Wildman–Crippen MR) is 60.6 cm³/mol. The molecule has 0 aromatic carbocycles. The van der Waals surface area contributed by atoms with Crippen LogP contribution in [0.3, 0.4) is 0 Å². The lowest BCUT2D eigenvalue weighted by atomic mass is 10.4. The topological polar surface area (TPSA) is 67.1 Å². The number of hydrogen-bond donors (Lipinski definition) is 2. The Morgan fingerprint density at radius 3 is 2.60 bits per heavy atom. The highest BCUT2D eigenvalue weighted by molar-refractivity contribution is 5.35. The first-order chi connectivity index (χ1) is 7.34. The normalized spacial score (nSPS) is 16.8. The molecule has 3 N–H and O–H groups in total. The average Bonchev–Trinajstić information content (AvgIpc) is 2.74. The number of hydrogen-bond acceptors (Lipinski definition) is 5. The fourth-order valence-corrected chi connectivity index (χ4v) is 1.76. The van der Waals surface area contributed by atoms with Crippen molar-refractivity contribution in [1.29, 1.82) is 0 Å². The van der Waals surface area contributed by atoms with E-state index < -0.39 is 0 Å². The molecule has 0 atom stereocenters. The predicted octanol–water partition coefficient (Wildman–Crippen LogP) is 0.566. The maximum atomic E-state index is 5.49. The Morgan fingerprint density at radius 2 is 1.93 bits per heavy atom. The summed E-state index contributed by atoms with van der Waals surface area (Å²) < 4.78 is 0. The first kappa shape index (κ1) is 10.2. The fourth-order valence-electron chi connectivity index (χ4n) is 1.76. The van der Waals surface area contributed by atoms with Crippen molar-refractivity contribution in [3.8, 4) is 0 Å². The molecule has 1 saturated heterocycles. The van der Waals surface area contributed by atoms with Crippen LogP contribution in [0.2, 0.25) is 0 Å². The van der Waals surface area contributed by atoms with Gasteiger partial charge in [-0.15, -0.1) is 0 Å². The lowest BCUT2D eigenvalue weighted by Gasteiger charge is -2.14. The number of nitrogen functional groups attached to an aromatic ring is 1. The lowest BCUT2D eigenvalue weighted by Crippen LogP contribution is -2.26. The number of aromatic nitrogens is 2. The van der Waals surface area contributed by atoms with E-state index in [1.807, 2.05) is 0 Å². The summed E-state index contributed by atoms with van der Waals surface area (Å²) in [5.74, 6) is 0.656. The molecular formula is C10H17N5. The third-order valence-electron chi connectivity index (χ3n) is 2.58. The van der Waals surface area contributed by atoms with Crippen molar-refractivity contribution in [3.05, 3.63) is 12.4 Å². The van der Waals surface area contributed by atoms with Crippen molar-refractivity contribution in [2.75, 3.05) is 37.2 Å². The van der Waals surface area contributed by atoms with Crippen LogP contribution < -0.4 is 11.1 Å². The van der Waals surface area contributed by atoms with E-state index in [0.29, 0.717) is 11.6 Å². The van der Waals surface area contributed by atoms with Gasteiger partial charge in [-0.05, 0) is 25.9 Å². The van der Waals surface area contributed by atoms with Crippen LogP contribution in [0.25, 0.3) is 0 Å². The van der Waals surface area contributed by atoms with Gasteiger partial charge in [0.2, 0.25) is 5.95 Å². The van der Waals surface area contributed by atoms with Crippen molar-refractivity contribution in [2.24, 2.45) is 0 Å². The van der Waals surface area contributed by atoms with Gasteiger partial charge in [0.15, 0.2) is 0 Å². The zero-order chi connectivity index (χ0) is 10.5. The van der Waals surface area contributed by atoms with Gasteiger partial charge in [0.1, 0.15) is 0 Å². The maximum absolute atomic E-state index is 5.49. The molecule has 2 heterocycles. The van der Waals surface area contributed by atoms with Crippen molar-refractivity contribution in [1.82, 2.24) is 14.9 Å². The lowest BCUT2D eigenvalue weighted by molar-refractivity contribution is 0.352. The van der Waals surface area contributed by atoms with Gasteiger partial charge in [-0.2, -0.15) is 0 Å². The van der Waals surface area contributed by atoms with Crippen molar-refractivity contribution < 1.29 is 0 Å². The second-order valence-electron chi connectivity index (χ2n) is 3.82. The summed E-state index contributed by atoms with van der Waals surface area (Å²) in [4.78, 5) is 10.6. The zero-order valence-corrected chi connectivity index (χ0v) is 8.82. The minimum absolute atomic E-state index is 0.597. The van der Waals surface area contributed by atoms with E-state index in [1.54, 1.807) is 12.4 Å². The van der Waals surface area contributed by atoms with Gasteiger partial charge in [-0.25, -0.2) is 9.97 Å². The minimum atomic E-state index is 0.597. The standard InChI is InChI=1S/C10H17N5/c11-9-7-13-10(14-8-9)12-3-6-15-4-1-2-5-15/h7-8H,1-6,11H2,(H,12,13,14). The van der Waals surface area contributed by atoms with E-state index in [1.165, 1.54) is 25.9 Å². The van der Waals surface area contributed by atoms with Gasteiger partial charge in [-0.3, -0.25) is 0 Å². The van der Waals surface area contributed by atoms with Crippen LogP contribution in [0.15, 0.2) is 12.4 Å². The molecule has 5 nitrogen and oxygen atoms in total. The van der Waals surface area contributed by atoms with Gasteiger partial charge in [0.05, 0.1) is 18.1 Å². The second kappa shape index (κ2) is 4.93. The Labute approximate surface area is 89.7 Å². The highest BCUT2D eigenvalue weighted by Gasteiger charge is 2.10. The van der Waals surface area contributed by atoms with Gasteiger partial charge in [-0.1, -0.05) is 0 Å². The summed E-state index contributed by atoms with van der Waals surface area (Å²) in [6.07, 6.45) is 5.90. The van der Waals surface area contributed by atoms with Gasteiger partial charge in [0.25, 0.3) is 0 Å². The molecule has 1 aliphatic heterocycles. The van der Waals surface area contributed by atoms with Gasteiger partial charge < -0.3 is 16.0 Å². The Morgan fingerprint density at radius 1 is 1.27 bits per heavy atom. The molecule has 15 heavy (non-hydrogen) atoms. The monoisotopic (exact) mass is 207 g/mol. The number of likely N-dealkylation sites (tertiary alicyclic amines) is 1. The summed E-state index contributed by atoms with van der Waals surface area (Å²) in [6, 6.07) is 0. The molecule has 0 bridgehead atoms. The molecule has 0 saturated carbocycles. The van der Waals surface area contributed by atoms with Crippen molar-refractivity contribution in [3.63, 3.8) is 0 Å². The molecule has 0 radical (unpaired) electrons. The summed E-state index contributed by atoms with van der Waals surface area (Å²) in [5.41, 5.74) is 6.09. The Bertz CT molecular complexity index is 291. The number of nitrogens with two attached hydrogens (primary N) is 1. The highest BCUT2D eigenvalue weighted by atomic mass is 15.2. The third-order valence-corrected chi connectivity index (χ3v) is 2.58. The molecule has 0 amide bonds. The van der Waals surface area contributed by atoms with E-state index in [4.69, 9.17) is 5.73 Å². The van der Waals surface area contributed by atoms with Crippen molar-refractivity contribution in [2.45, 2.75) is 12.8 Å². The van der Waals surface area contributed by atoms with Crippen LogP contribution in [0, 0.1) is 0 Å². The molecule has 0 unspecified atom stereocenters. The number of nitrogens with zero attached hydrogens (tertiary/aromatic N) is 3. The Kier molecular flexibility index (Phi) is 3.34. The van der Waals surface area contributed by atoms with Crippen LogP contribution in [0.1, 0.15) is 12.8 Å². The summed E-state index contributed by atoms with van der Waals surface area (Å²) in [6.45, 7) is 4.41. The van der Waals surface area contributed by atoms with Crippen LogP contribution in [0.5, 0.6) is 0 Å². The van der Waals surface area contributed by atoms with E-state index in [-0.39, 0.29) is 0 Å². The number of anilines is 2. The maximum Gasteiger partial charge on any atom is 0.222 e. The first-order valence-corrected chi connectivity index (χ1v) is 5.38. The highest BCUT2D eigenvalue weighted by Crippen LogP contribution is 2.06. The molecule has 1 fully saturated rings. The molecule has 0 spiro atoms. The molecule has 1 aromatic rings. The molecule has 82 valence electrons.